The molecule has 0 aliphatic carbocycles. The number of alkyl halides is 1. The number of benzene rings is 1. The van der Waals surface area contributed by atoms with Crippen molar-refractivity contribution in [3.05, 3.63) is 34.9 Å². The van der Waals surface area contributed by atoms with Gasteiger partial charge in [-0.3, -0.25) is 0 Å². The molecular formula is C14H20ClIO. The van der Waals surface area contributed by atoms with Gasteiger partial charge in [0.1, 0.15) is 0 Å². The van der Waals surface area contributed by atoms with Gasteiger partial charge in [0.2, 0.25) is 0 Å². The molecule has 1 aromatic carbocycles. The number of ether oxygens (including phenoxy) is 1. The van der Waals surface area contributed by atoms with Crippen LogP contribution in [0.15, 0.2) is 24.3 Å². The molecule has 1 rings (SSSR count). The molecule has 17 heavy (non-hydrogen) atoms. The van der Waals surface area contributed by atoms with Crippen LogP contribution in [0.3, 0.4) is 0 Å². The molecule has 0 aromatic heterocycles. The Kier molecular flexibility index (Phi) is 7.47. The minimum atomic E-state index is 0.194. The largest absolute Gasteiger partial charge is 0.373 e. The molecule has 1 aromatic rings. The third kappa shape index (κ3) is 6.07. The minimum absolute atomic E-state index is 0.194. The number of halogens is 2. The zero-order valence-corrected chi connectivity index (χ0v) is 13.4. The highest BCUT2D eigenvalue weighted by atomic mass is 127. The Balaban J connectivity index is 2.40. The number of rotatable bonds is 7. The molecule has 0 saturated heterocycles. The van der Waals surface area contributed by atoms with Gasteiger partial charge in [-0.05, 0) is 36.5 Å². The predicted octanol–water partition coefficient (Wildman–Crippen LogP) is 5.27. The summed E-state index contributed by atoms with van der Waals surface area (Å²) >= 11 is 8.25. The Morgan fingerprint density at radius 1 is 1.24 bits per heavy atom. The molecule has 0 fully saturated rings. The van der Waals surface area contributed by atoms with Gasteiger partial charge in [-0.1, -0.05) is 60.2 Å². The summed E-state index contributed by atoms with van der Waals surface area (Å²) in [7, 11) is 0. The highest BCUT2D eigenvalue weighted by molar-refractivity contribution is 14.1. The average Bonchev–Trinajstić information content (AvgIpc) is 2.30. The van der Waals surface area contributed by atoms with Crippen molar-refractivity contribution in [3.63, 3.8) is 0 Å². The van der Waals surface area contributed by atoms with Crippen molar-refractivity contribution in [2.24, 2.45) is 5.92 Å². The van der Waals surface area contributed by atoms with Crippen molar-refractivity contribution < 1.29 is 4.74 Å². The van der Waals surface area contributed by atoms with Crippen molar-refractivity contribution in [2.75, 3.05) is 11.0 Å². The first-order valence-corrected chi connectivity index (χ1v) is 7.97. The number of hydrogen-bond donors (Lipinski definition) is 0. The molecule has 1 atom stereocenters. The second kappa shape index (κ2) is 8.33. The molecule has 0 spiro atoms. The van der Waals surface area contributed by atoms with Crippen molar-refractivity contribution >= 4 is 34.2 Å². The van der Waals surface area contributed by atoms with Crippen LogP contribution in [0.4, 0.5) is 0 Å². The standard InChI is InChI=1S/C14H20ClIO/c1-11(2)4-3-9-17-14(10-16)12-5-7-13(15)8-6-12/h5-8,11,14H,3-4,9-10H2,1-2H3. The van der Waals surface area contributed by atoms with E-state index >= 15 is 0 Å². The van der Waals surface area contributed by atoms with Crippen LogP contribution in [-0.4, -0.2) is 11.0 Å². The summed E-state index contributed by atoms with van der Waals surface area (Å²) < 4.78 is 6.89. The molecular weight excluding hydrogens is 347 g/mol. The van der Waals surface area contributed by atoms with E-state index in [1.165, 1.54) is 12.0 Å². The van der Waals surface area contributed by atoms with E-state index in [0.29, 0.717) is 0 Å². The molecule has 1 nitrogen and oxygen atoms in total. The Morgan fingerprint density at radius 2 is 1.88 bits per heavy atom. The summed E-state index contributed by atoms with van der Waals surface area (Å²) in [6, 6.07) is 7.95. The van der Waals surface area contributed by atoms with Crippen LogP contribution >= 0.6 is 34.2 Å². The van der Waals surface area contributed by atoms with Crippen LogP contribution < -0.4 is 0 Å². The fourth-order valence-electron chi connectivity index (χ4n) is 1.62. The maximum Gasteiger partial charge on any atom is 0.0914 e. The molecule has 3 heteroatoms. The Hall–Kier alpha value is 0.200. The SMILES string of the molecule is CC(C)CCCOC(CI)c1ccc(Cl)cc1. The van der Waals surface area contributed by atoms with E-state index in [9.17, 15) is 0 Å². The predicted molar refractivity (Wildman–Crippen MR) is 83.1 cm³/mol. The molecule has 0 amide bonds. The smallest absolute Gasteiger partial charge is 0.0914 e. The van der Waals surface area contributed by atoms with Crippen LogP contribution in [0.2, 0.25) is 5.02 Å². The first kappa shape index (κ1) is 15.3. The van der Waals surface area contributed by atoms with Crippen LogP contribution in [-0.2, 0) is 4.74 Å². The average molecular weight is 367 g/mol. The molecule has 0 aliphatic heterocycles. The van der Waals surface area contributed by atoms with E-state index in [0.717, 1.165) is 28.4 Å². The van der Waals surface area contributed by atoms with Gasteiger partial charge < -0.3 is 4.74 Å². The van der Waals surface area contributed by atoms with Crippen LogP contribution in [0.25, 0.3) is 0 Å². The zero-order valence-electron chi connectivity index (χ0n) is 10.5. The van der Waals surface area contributed by atoms with Crippen LogP contribution in [0.1, 0.15) is 38.4 Å². The monoisotopic (exact) mass is 366 g/mol. The van der Waals surface area contributed by atoms with Gasteiger partial charge in [-0.2, -0.15) is 0 Å². The summed E-state index contributed by atoms with van der Waals surface area (Å²) in [5.41, 5.74) is 1.22. The summed E-state index contributed by atoms with van der Waals surface area (Å²) in [5.74, 6) is 0.757. The highest BCUT2D eigenvalue weighted by Gasteiger charge is 2.10. The maximum atomic E-state index is 5.92. The van der Waals surface area contributed by atoms with E-state index in [1.54, 1.807) is 0 Å². The fraction of sp³-hybridized carbons (Fsp3) is 0.571. The van der Waals surface area contributed by atoms with Crippen molar-refractivity contribution in [1.29, 1.82) is 0 Å². The van der Waals surface area contributed by atoms with Gasteiger partial charge in [0.05, 0.1) is 6.10 Å². The first-order chi connectivity index (χ1) is 8.13. The van der Waals surface area contributed by atoms with E-state index in [4.69, 9.17) is 16.3 Å². The molecule has 0 bridgehead atoms. The molecule has 96 valence electrons. The summed E-state index contributed by atoms with van der Waals surface area (Å²) in [6.45, 7) is 5.33. The Bertz CT molecular complexity index is 311. The van der Waals surface area contributed by atoms with Gasteiger partial charge in [-0.25, -0.2) is 0 Å². The topological polar surface area (TPSA) is 9.23 Å². The van der Waals surface area contributed by atoms with Crippen LogP contribution in [0, 0.1) is 5.92 Å². The molecule has 0 aliphatic rings. The van der Waals surface area contributed by atoms with E-state index < -0.39 is 0 Å². The van der Waals surface area contributed by atoms with E-state index in [1.807, 2.05) is 24.3 Å². The second-order valence-electron chi connectivity index (χ2n) is 4.60. The summed E-state index contributed by atoms with van der Waals surface area (Å²) in [4.78, 5) is 0. The zero-order chi connectivity index (χ0) is 12.7. The van der Waals surface area contributed by atoms with E-state index in [2.05, 4.69) is 36.4 Å². The van der Waals surface area contributed by atoms with Crippen molar-refractivity contribution in [2.45, 2.75) is 32.8 Å². The van der Waals surface area contributed by atoms with Gasteiger partial charge in [0.25, 0.3) is 0 Å². The molecule has 0 saturated carbocycles. The minimum Gasteiger partial charge on any atom is -0.373 e. The van der Waals surface area contributed by atoms with E-state index in [-0.39, 0.29) is 6.10 Å². The lowest BCUT2D eigenvalue weighted by Gasteiger charge is -2.16. The third-order valence-electron chi connectivity index (χ3n) is 2.63. The fourth-order valence-corrected chi connectivity index (χ4v) is 2.51. The normalized spacial score (nSPS) is 13.0. The van der Waals surface area contributed by atoms with Gasteiger partial charge in [0.15, 0.2) is 0 Å². The molecule has 0 N–H and O–H groups in total. The lowest BCUT2D eigenvalue weighted by molar-refractivity contribution is 0.0666. The quantitative estimate of drug-likeness (QED) is 0.363. The first-order valence-electron chi connectivity index (χ1n) is 6.06. The van der Waals surface area contributed by atoms with Crippen molar-refractivity contribution in [3.8, 4) is 0 Å². The highest BCUT2D eigenvalue weighted by Crippen LogP contribution is 2.22. The maximum absolute atomic E-state index is 5.92. The third-order valence-corrected chi connectivity index (χ3v) is 3.68. The summed E-state index contributed by atoms with van der Waals surface area (Å²) in [5, 5.41) is 0.778. The molecule has 0 radical (unpaired) electrons. The lowest BCUT2D eigenvalue weighted by atomic mass is 10.1. The Morgan fingerprint density at radius 3 is 2.41 bits per heavy atom. The molecule has 0 heterocycles. The van der Waals surface area contributed by atoms with Crippen molar-refractivity contribution in [1.82, 2.24) is 0 Å². The molecule has 1 unspecified atom stereocenters. The number of hydrogen-bond acceptors (Lipinski definition) is 1. The van der Waals surface area contributed by atoms with Crippen LogP contribution in [0.5, 0.6) is 0 Å². The summed E-state index contributed by atoms with van der Waals surface area (Å²) in [6.07, 6.45) is 2.56. The second-order valence-corrected chi connectivity index (χ2v) is 5.92. The van der Waals surface area contributed by atoms with Gasteiger partial charge in [-0.15, -0.1) is 0 Å². The van der Waals surface area contributed by atoms with Gasteiger partial charge >= 0.3 is 0 Å². The van der Waals surface area contributed by atoms with Gasteiger partial charge in [0, 0.05) is 16.1 Å². The Labute approximate surface area is 123 Å². The lowest BCUT2D eigenvalue weighted by Crippen LogP contribution is -2.07.